The van der Waals surface area contributed by atoms with Gasteiger partial charge in [0.2, 0.25) is 0 Å². The van der Waals surface area contributed by atoms with Crippen LogP contribution in [0, 0.1) is 6.92 Å². The Morgan fingerprint density at radius 2 is 2.12 bits per heavy atom. The molecule has 0 fully saturated rings. The second-order valence-electron chi connectivity index (χ2n) is 4.85. The molecule has 0 spiro atoms. The number of fused-ring (bicyclic) bond motifs is 1. The van der Waals surface area contributed by atoms with Crippen molar-refractivity contribution in [3.63, 3.8) is 0 Å². The normalized spacial score (nSPS) is 11.1. The number of aromatic nitrogens is 1. The number of carbonyl (C=O) groups is 2. The monoisotopic (exact) mass is 390 g/mol. The number of nitrogens with zero attached hydrogens (tertiary/aromatic N) is 1. The second kappa shape index (κ2) is 8.11. The van der Waals surface area contributed by atoms with Gasteiger partial charge >= 0.3 is 5.97 Å². The highest BCUT2D eigenvalue weighted by atomic mass is 35.5. The molecule has 24 heavy (non-hydrogen) atoms. The van der Waals surface area contributed by atoms with Crippen LogP contribution in [0.3, 0.4) is 0 Å². The van der Waals surface area contributed by atoms with Gasteiger partial charge in [-0.3, -0.25) is 4.79 Å². The van der Waals surface area contributed by atoms with E-state index in [1.165, 1.54) is 0 Å². The number of ether oxygens (including phenoxy) is 2. The lowest BCUT2D eigenvalue weighted by molar-refractivity contribution is -0.114. The number of amides is 1. The average Bonchev–Trinajstić information content (AvgIpc) is 2.86. The molecule has 2 heterocycles. The SMILES string of the molecule is CCOC(=O)c1sc2nc(C)cc(COC)c2c1NC(=O)C(Cl)Cl. The molecule has 0 atom stereocenters. The van der Waals surface area contributed by atoms with E-state index in [0.717, 1.165) is 22.6 Å². The largest absolute Gasteiger partial charge is 0.462 e. The molecule has 1 N–H and O–H groups in total. The van der Waals surface area contributed by atoms with Gasteiger partial charge < -0.3 is 14.8 Å². The molecular weight excluding hydrogens is 375 g/mol. The first-order valence-corrected chi connectivity index (χ1v) is 8.76. The number of halogens is 2. The van der Waals surface area contributed by atoms with Crippen molar-refractivity contribution in [1.82, 2.24) is 4.98 Å². The Labute approximate surface area is 153 Å². The molecule has 0 saturated carbocycles. The number of methoxy groups -OCH3 is 1. The van der Waals surface area contributed by atoms with Gasteiger partial charge in [-0.25, -0.2) is 9.78 Å². The van der Waals surface area contributed by atoms with Gasteiger partial charge in [0.25, 0.3) is 5.91 Å². The molecule has 9 heteroatoms. The van der Waals surface area contributed by atoms with E-state index in [1.54, 1.807) is 14.0 Å². The van der Waals surface area contributed by atoms with E-state index in [4.69, 9.17) is 32.7 Å². The maximum atomic E-state index is 12.3. The van der Waals surface area contributed by atoms with E-state index >= 15 is 0 Å². The maximum Gasteiger partial charge on any atom is 0.350 e. The molecule has 2 aromatic heterocycles. The van der Waals surface area contributed by atoms with E-state index in [-0.39, 0.29) is 11.5 Å². The summed E-state index contributed by atoms with van der Waals surface area (Å²) in [6.45, 7) is 4.06. The maximum absolute atomic E-state index is 12.3. The zero-order chi connectivity index (χ0) is 17.9. The quantitative estimate of drug-likeness (QED) is 0.601. The van der Waals surface area contributed by atoms with E-state index < -0.39 is 16.7 Å². The Kier molecular flexibility index (Phi) is 6.40. The first kappa shape index (κ1) is 18.9. The van der Waals surface area contributed by atoms with Crippen LogP contribution in [0.4, 0.5) is 5.69 Å². The Morgan fingerprint density at radius 1 is 1.42 bits per heavy atom. The number of carbonyl (C=O) groups excluding carboxylic acids is 2. The molecule has 0 bridgehead atoms. The molecule has 0 aromatic carbocycles. The molecule has 0 aliphatic rings. The van der Waals surface area contributed by atoms with Gasteiger partial charge in [-0.1, -0.05) is 23.2 Å². The van der Waals surface area contributed by atoms with Crippen molar-refractivity contribution in [2.24, 2.45) is 0 Å². The second-order valence-corrected chi connectivity index (χ2v) is 6.95. The smallest absolute Gasteiger partial charge is 0.350 e. The van der Waals surface area contributed by atoms with Gasteiger partial charge in [0.05, 0.1) is 18.9 Å². The predicted molar refractivity (Wildman–Crippen MR) is 95.2 cm³/mol. The molecular formula is C15H16Cl2N2O4S. The highest BCUT2D eigenvalue weighted by Crippen LogP contribution is 2.38. The summed E-state index contributed by atoms with van der Waals surface area (Å²) < 4.78 is 10.3. The molecule has 2 aromatic rings. The van der Waals surface area contributed by atoms with E-state index in [9.17, 15) is 9.59 Å². The molecule has 2 rings (SSSR count). The van der Waals surface area contributed by atoms with Gasteiger partial charge in [-0.15, -0.1) is 11.3 Å². The van der Waals surface area contributed by atoms with Crippen LogP contribution in [-0.4, -0.2) is 35.4 Å². The fourth-order valence-electron chi connectivity index (χ4n) is 2.22. The Balaban J connectivity index is 2.68. The van der Waals surface area contributed by atoms with Crippen LogP contribution in [-0.2, 0) is 20.9 Å². The fraction of sp³-hybridized carbons (Fsp3) is 0.400. The van der Waals surface area contributed by atoms with E-state index in [2.05, 4.69) is 10.3 Å². The Morgan fingerprint density at radius 3 is 2.71 bits per heavy atom. The number of hydrogen-bond donors (Lipinski definition) is 1. The van der Waals surface area contributed by atoms with Crippen molar-refractivity contribution in [2.75, 3.05) is 19.0 Å². The van der Waals surface area contributed by atoms with Crippen molar-refractivity contribution in [1.29, 1.82) is 0 Å². The lowest BCUT2D eigenvalue weighted by atomic mass is 10.1. The third kappa shape index (κ3) is 3.97. The number of anilines is 1. The van der Waals surface area contributed by atoms with Crippen LogP contribution in [0.1, 0.15) is 27.9 Å². The molecule has 0 aliphatic heterocycles. The van der Waals surface area contributed by atoms with E-state index in [1.807, 2.05) is 13.0 Å². The summed E-state index contributed by atoms with van der Waals surface area (Å²) in [5.74, 6) is -1.18. The summed E-state index contributed by atoms with van der Waals surface area (Å²) >= 11 is 12.4. The minimum atomic E-state index is -1.26. The number of esters is 1. The number of rotatable bonds is 6. The van der Waals surface area contributed by atoms with Gasteiger partial charge in [0.1, 0.15) is 9.71 Å². The molecule has 130 valence electrons. The summed E-state index contributed by atoms with van der Waals surface area (Å²) in [5.41, 5.74) is 1.86. The topological polar surface area (TPSA) is 77.5 Å². The molecule has 0 unspecified atom stereocenters. The van der Waals surface area contributed by atoms with E-state index in [0.29, 0.717) is 22.5 Å². The average molecular weight is 391 g/mol. The van der Waals surface area contributed by atoms with Crippen LogP contribution >= 0.6 is 34.5 Å². The molecule has 0 saturated heterocycles. The van der Waals surface area contributed by atoms with Crippen LogP contribution in [0.25, 0.3) is 10.2 Å². The predicted octanol–water partition coefficient (Wildman–Crippen LogP) is 3.67. The van der Waals surface area contributed by atoms with Gasteiger partial charge in [-0.05, 0) is 25.5 Å². The summed E-state index contributed by atoms with van der Waals surface area (Å²) in [6.07, 6.45) is 0. The third-order valence-corrected chi connectivity index (χ3v) is 4.54. The van der Waals surface area contributed by atoms with Gasteiger partial charge in [-0.2, -0.15) is 0 Å². The Hall–Kier alpha value is -1.41. The highest BCUT2D eigenvalue weighted by Gasteiger charge is 2.25. The van der Waals surface area contributed by atoms with Crippen LogP contribution in [0.2, 0.25) is 0 Å². The van der Waals surface area contributed by atoms with Crippen molar-refractivity contribution in [3.05, 3.63) is 22.2 Å². The van der Waals surface area contributed by atoms with Crippen LogP contribution in [0.15, 0.2) is 6.07 Å². The number of hydrogen-bond acceptors (Lipinski definition) is 6. The summed E-state index contributed by atoms with van der Waals surface area (Å²) in [4.78, 5) is 28.2. The zero-order valence-corrected chi connectivity index (χ0v) is 15.6. The molecule has 0 aliphatic carbocycles. The number of aryl methyl sites for hydroxylation is 1. The van der Waals surface area contributed by atoms with Gasteiger partial charge in [0.15, 0.2) is 4.84 Å². The summed E-state index contributed by atoms with van der Waals surface area (Å²) in [7, 11) is 1.56. The standard InChI is InChI=1S/C15H16Cl2N2O4S/c1-4-23-15(21)11-10(19-13(20)12(16)17)9-8(6-22-3)5-7(2)18-14(9)24-11/h5,12H,4,6H2,1-3H3,(H,19,20). The lowest BCUT2D eigenvalue weighted by Crippen LogP contribution is -2.20. The number of pyridine rings is 1. The number of thiophene rings is 1. The number of alkyl halides is 2. The lowest BCUT2D eigenvalue weighted by Gasteiger charge is -2.10. The minimum Gasteiger partial charge on any atom is -0.462 e. The summed E-state index contributed by atoms with van der Waals surface area (Å²) in [5, 5.41) is 3.22. The zero-order valence-electron chi connectivity index (χ0n) is 13.3. The third-order valence-electron chi connectivity index (χ3n) is 3.08. The molecule has 6 nitrogen and oxygen atoms in total. The minimum absolute atomic E-state index is 0.214. The van der Waals surface area contributed by atoms with Crippen molar-refractivity contribution in [3.8, 4) is 0 Å². The fourth-order valence-corrected chi connectivity index (χ4v) is 3.44. The van der Waals surface area contributed by atoms with Crippen LogP contribution in [0.5, 0.6) is 0 Å². The summed E-state index contributed by atoms with van der Waals surface area (Å²) in [6, 6.07) is 1.84. The molecule has 0 radical (unpaired) electrons. The van der Waals surface area contributed by atoms with Crippen molar-refractivity contribution in [2.45, 2.75) is 25.3 Å². The van der Waals surface area contributed by atoms with Crippen molar-refractivity contribution < 1.29 is 19.1 Å². The van der Waals surface area contributed by atoms with Crippen molar-refractivity contribution >= 4 is 62.3 Å². The number of nitrogens with one attached hydrogen (secondary N) is 1. The molecule has 1 amide bonds. The first-order valence-electron chi connectivity index (χ1n) is 7.07. The highest BCUT2D eigenvalue weighted by molar-refractivity contribution is 7.21. The first-order chi connectivity index (χ1) is 11.4. The Bertz CT molecular complexity index is 776. The van der Waals surface area contributed by atoms with Gasteiger partial charge in [0, 0.05) is 18.2 Å². The van der Waals surface area contributed by atoms with Crippen LogP contribution < -0.4 is 5.32 Å².